The minimum Gasteiger partial charge on any atom is -0.463 e. The topological polar surface area (TPSA) is 33.6 Å². The van der Waals surface area contributed by atoms with Crippen LogP contribution in [0.3, 0.4) is 0 Å². The third-order valence-corrected chi connectivity index (χ3v) is 3.37. The largest absolute Gasteiger partial charge is 0.463 e. The maximum absolute atomic E-state index is 5.40. The number of nitrogens with zero attached hydrogens (tertiary/aromatic N) is 1. The standard InChI is InChI=1S/C13H16N2O/c1-9-8-12(15-13-14-6-7-16-13)11-5-3-2-4-10(9)11/h2-5,9,12H,6-8H2,1H3,(H,14,15). The van der Waals surface area contributed by atoms with Crippen molar-refractivity contribution < 1.29 is 4.74 Å². The Balaban J connectivity index is 1.83. The molecule has 3 rings (SSSR count). The summed E-state index contributed by atoms with van der Waals surface area (Å²) in [6.45, 7) is 3.77. The molecular formula is C13H16N2O. The molecule has 0 amide bonds. The number of ether oxygens (including phenoxy) is 1. The molecule has 0 fully saturated rings. The quantitative estimate of drug-likeness (QED) is 0.781. The molecule has 2 aliphatic rings. The van der Waals surface area contributed by atoms with Crippen molar-refractivity contribution in [1.82, 2.24) is 5.32 Å². The van der Waals surface area contributed by atoms with Crippen LogP contribution in [0.15, 0.2) is 29.3 Å². The first-order valence-corrected chi connectivity index (χ1v) is 5.87. The highest BCUT2D eigenvalue weighted by Crippen LogP contribution is 2.39. The smallest absolute Gasteiger partial charge is 0.285 e. The molecule has 1 heterocycles. The van der Waals surface area contributed by atoms with Crippen LogP contribution >= 0.6 is 0 Å². The van der Waals surface area contributed by atoms with E-state index in [2.05, 4.69) is 41.5 Å². The van der Waals surface area contributed by atoms with Crippen LogP contribution in [0.1, 0.15) is 36.4 Å². The normalized spacial score (nSPS) is 27.2. The molecule has 0 radical (unpaired) electrons. The summed E-state index contributed by atoms with van der Waals surface area (Å²) in [5.41, 5.74) is 2.85. The lowest BCUT2D eigenvalue weighted by atomic mass is 10.0. The molecule has 16 heavy (non-hydrogen) atoms. The van der Waals surface area contributed by atoms with Crippen LogP contribution in [0.2, 0.25) is 0 Å². The van der Waals surface area contributed by atoms with E-state index < -0.39 is 0 Å². The first-order valence-electron chi connectivity index (χ1n) is 5.87. The Morgan fingerprint density at radius 1 is 1.31 bits per heavy atom. The SMILES string of the molecule is CC1CC(NC2=NCCO2)c2ccccc21. The van der Waals surface area contributed by atoms with Crippen molar-refractivity contribution in [2.24, 2.45) is 4.99 Å². The highest BCUT2D eigenvalue weighted by molar-refractivity contribution is 5.75. The molecule has 3 heteroatoms. The molecule has 1 aromatic rings. The average Bonchev–Trinajstić information content (AvgIpc) is 2.90. The van der Waals surface area contributed by atoms with Gasteiger partial charge in [-0.3, -0.25) is 0 Å². The number of hydrogen-bond donors (Lipinski definition) is 1. The molecule has 1 aliphatic carbocycles. The van der Waals surface area contributed by atoms with Crippen molar-refractivity contribution in [3.63, 3.8) is 0 Å². The van der Waals surface area contributed by atoms with Gasteiger partial charge in [0.25, 0.3) is 6.02 Å². The van der Waals surface area contributed by atoms with Crippen LogP contribution in [0.25, 0.3) is 0 Å². The lowest BCUT2D eigenvalue weighted by Gasteiger charge is -2.14. The van der Waals surface area contributed by atoms with Gasteiger partial charge in [0.15, 0.2) is 0 Å². The molecule has 1 aliphatic heterocycles. The van der Waals surface area contributed by atoms with Crippen LogP contribution in [0.5, 0.6) is 0 Å². The lowest BCUT2D eigenvalue weighted by molar-refractivity contribution is 0.324. The van der Waals surface area contributed by atoms with Crippen molar-refractivity contribution in [2.75, 3.05) is 13.2 Å². The Morgan fingerprint density at radius 3 is 2.88 bits per heavy atom. The Bertz CT molecular complexity index is 428. The van der Waals surface area contributed by atoms with E-state index >= 15 is 0 Å². The van der Waals surface area contributed by atoms with Crippen LogP contribution < -0.4 is 5.32 Å². The average molecular weight is 216 g/mol. The van der Waals surface area contributed by atoms with Crippen molar-refractivity contribution in [3.05, 3.63) is 35.4 Å². The predicted octanol–water partition coefficient (Wildman–Crippen LogP) is 2.21. The Kier molecular flexibility index (Phi) is 2.31. The van der Waals surface area contributed by atoms with Crippen LogP contribution in [-0.2, 0) is 4.74 Å². The van der Waals surface area contributed by atoms with Gasteiger partial charge in [-0.25, -0.2) is 4.99 Å². The molecule has 0 aromatic heterocycles. The zero-order valence-electron chi connectivity index (χ0n) is 9.44. The van der Waals surface area contributed by atoms with Gasteiger partial charge in [0, 0.05) is 0 Å². The van der Waals surface area contributed by atoms with Gasteiger partial charge in [-0.2, -0.15) is 0 Å². The fourth-order valence-electron chi connectivity index (χ4n) is 2.59. The number of rotatable bonds is 1. The number of benzene rings is 1. The van der Waals surface area contributed by atoms with Gasteiger partial charge in [0.1, 0.15) is 6.61 Å². The second-order valence-electron chi connectivity index (χ2n) is 4.50. The summed E-state index contributed by atoms with van der Waals surface area (Å²) in [7, 11) is 0. The third kappa shape index (κ3) is 1.56. The second kappa shape index (κ2) is 3.81. The van der Waals surface area contributed by atoms with Crippen LogP contribution in [0, 0.1) is 0 Å². The second-order valence-corrected chi connectivity index (χ2v) is 4.50. The lowest BCUT2D eigenvalue weighted by Crippen LogP contribution is -2.27. The molecule has 3 nitrogen and oxygen atoms in total. The van der Waals surface area contributed by atoms with E-state index in [0.717, 1.165) is 13.0 Å². The minimum absolute atomic E-state index is 0.364. The monoisotopic (exact) mass is 216 g/mol. The number of aliphatic imine (C=N–C) groups is 1. The maximum Gasteiger partial charge on any atom is 0.285 e. The highest BCUT2D eigenvalue weighted by Gasteiger charge is 2.29. The van der Waals surface area contributed by atoms with E-state index in [4.69, 9.17) is 4.74 Å². The molecule has 84 valence electrons. The van der Waals surface area contributed by atoms with Gasteiger partial charge in [-0.05, 0) is 23.5 Å². The molecular weight excluding hydrogens is 200 g/mol. The highest BCUT2D eigenvalue weighted by atomic mass is 16.5. The first-order chi connectivity index (χ1) is 7.84. The summed E-state index contributed by atoms with van der Waals surface area (Å²) in [6, 6.07) is 9.71. The van der Waals surface area contributed by atoms with Crippen molar-refractivity contribution in [2.45, 2.75) is 25.3 Å². The maximum atomic E-state index is 5.40. The molecule has 1 N–H and O–H groups in total. The van der Waals surface area contributed by atoms with Crippen molar-refractivity contribution >= 4 is 6.02 Å². The molecule has 2 unspecified atom stereocenters. The van der Waals surface area contributed by atoms with E-state index in [0.29, 0.717) is 24.6 Å². The van der Waals surface area contributed by atoms with Gasteiger partial charge < -0.3 is 10.1 Å². The van der Waals surface area contributed by atoms with Crippen molar-refractivity contribution in [3.8, 4) is 0 Å². The summed E-state index contributed by atoms with van der Waals surface area (Å²) in [5, 5.41) is 3.39. The fraction of sp³-hybridized carbons (Fsp3) is 0.462. The van der Waals surface area contributed by atoms with Gasteiger partial charge in [-0.15, -0.1) is 0 Å². The zero-order valence-corrected chi connectivity index (χ0v) is 9.44. The third-order valence-electron chi connectivity index (χ3n) is 3.37. The van der Waals surface area contributed by atoms with Gasteiger partial charge >= 0.3 is 0 Å². The number of fused-ring (bicyclic) bond motifs is 1. The van der Waals surface area contributed by atoms with Crippen molar-refractivity contribution in [1.29, 1.82) is 0 Å². The Hall–Kier alpha value is -1.51. The summed E-state index contributed by atoms with van der Waals surface area (Å²) in [4.78, 5) is 4.28. The van der Waals surface area contributed by atoms with Gasteiger partial charge in [0.05, 0.1) is 12.6 Å². The van der Waals surface area contributed by atoms with Gasteiger partial charge in [0.2, 0.25) is 0 Å². The molecule has 0 spiro atoms. The molecule has 0 saturated heterocycles. The molecule has 0 bridgehead atoms. The number of nitrogens with one attached hydrogen (secondary N) is 1. The summed E-state index contributed by atoms with van der Waals surface area (Å²) < 4.78 is 5.40. The number of amidine groups is 1. The number of hydrogen-bond acceptors (Lipinski definition) is 3. The fourth-order valence-corrected chi connectivity index (χ4v) is 2.59. The molecule has 2 atom stereocenters. The van der Waals surface area contributed by atoms with Crippen LogP contribution in [-0.4, -0.2) is 19.2 Å². The Labute approximate surface area is 95.5 Å². The summed E-state index contributed by atoms with van der Waals surface area (Å²) in [6.07, 6.45) is 1.13. The summed E-state index contributed by atoms with van der Waals surface area (Å²) in [5.74, 6) is 0.621. The molecule has 0 saturated carbocycles. The first kappa shape index (κ1) is 9.70. The molecule has 1 aromatic carbocycles. The minimum atomic E-state index is 0.364. The van der Waals surface area contributed by atoms with E-state index in [9.17, 15) is 0 Å². The van der Waals surface area contributed by atoms with E-state index in [1.54, 1.807) is 0 Å². The van der Waals surface area contributed by atoms with E-state index in [-0.39, 0.29) is 0 Å². The van der Waals surface area contributed by atoms with Crippen LogP contribution in [0.4, 0.5) is 0 Å². The summed E-state index contributed by atoms with van der Waals surface area (Å²) >= 11 is 0. The predicted molar refractivity (Wildman–Crippen MR) is 63.6 cm³/mol. The van der Waals surface area contributed by atoms with Gasteiger partial charge in [-0.1, -0.05) is 31.2 Å². The van der Waals surface area contributed by atoms with E-state index in [1.165, 1.54) is 11.1 Å². The Morgan fingerprint density at radius 2 is 2.12 bits per heavy atom. The van der Waals surface area contributed by atoms with E-state index in [1.807, 2.05) is 0 Å². The zero-order chi connectivity index (χ0) is 11.0.